The van der Waals surface area contributed by atoms with E-state index < -0.39 is 6.03 Å². The van der Waals surface area contributed by atoms with E-state index in [9.17, 15) is 19.5 Å². The zero-order valence-corrected chi connectivity index (χ0v) is 13.2. The minimum Gasteiger partial charge on any atom is -0.395 e. The quantitative estimate of drug-likeness (QED) is 0.659. The Morgan fingerprint density at radius 1 is 1.23 bits per heavy atom. The molecule has 4 amide bonds. The molecule has 0 aromatic heterocycles. The number of hydrogen-bond donors (Lipinski definition) is 1. The largest absolute Gasteiger partial charge is 0.395 e. The van der Waals surface area contributed by atoms with Crippen molar-refractivity contribution in [3.05, 3.63) is 0 Å². The van der Waals surface area contributed by atoms with E-state index in [0.29, 0.717) is 19.6 Å². The molecule has 2 rings (SSSR count). The first-order valence-electron chi connectivity index (χ1n) is 7.62. The van der Waals surface area contributed by atoms with Crippen molar-refractivity contribution in [3.8, 4) is 0 Å². The summed E-state index contributed by atoms with van der Waals surface area (Å²) in [6.45, 7) is 4.58. The first-order chi connectivity index (χ1) is 10.4. The molecule has 1 N–H and O–H groups in total. The molecule has 0 aromatic carbocycles. The Morgan fingerprint density at radius 3 is 2.55 bits per heavy atom. The van der Waals surface area contributed by atoms with E-state index in [1.807, 2.05) is 6.92 Å². The van der Waals surface area contributed by atoms with E-state index in [4.69, 9.17) is 0 Å². The lowest BCUT2D eigenvalue weighted by atomic mass is 10.3. The highest BCUT2D eigenvalue weighted by Crippen LogP contribution is 2.11. The van der Waals surface area contributed by atoms with Gasteiger partial charge in [-0.2, -0.15) is 0 Å². The van der Waals surface area contributed by atoms with E-state index in [1.165, 1.54) is 4.90 Å². The second-order valence-electron chi connectivity index (χ2n) is 5.92. The summed E-state index contributed by atoms with van der Waals surface area (Å²) in [5, 5.41) is 9.22. The fraction of sp³-hybridized carbons (Fsp3) is 0.786. The van der Waals surface area contributed by atoms with Crippen molar-refractivity contribution in [1.82, 2.24) is 19.6 Å². The summed E-state index contributed by atoms with van der Waals surface area (Å²) < 4.78 is 0. The Hall–Kier alpha value is -1.67. The van der Waals surface area contributed by atoms with E-state index in [0.717, 1.165) is 17.9 Å². The minimum atomic E-state index is -0.413. The average Bonchev–Trinajstić information content (AvgIpc) is 2.71. The van der Waals surface area contributed by atoms with Crippen LogP contribution in [0.25, 0.3) is 0 Å². The molecule has 0 aliphatic carbocycles. The molecular weight excluding hydrogens is 288 g/mol. The molecule has 8 heteroatoms. The van der Waals surface area contributed by atoms with Gasteiger partial charge in [0.15, 0.2) is 0 Å². The highest BCUT2D eigenvalue weighted by Gasteiger charge is 2.36. The summed E-state index contributed by atoms with van der Waals surface area (Å²) in [4.78, 5) is 42.0. The average molecular weight is 312 g/mol. The Kier molecular flexibility index (Phi) is 5.36. The molecule has 22 heavy (non-hydrogen) atoms. The third kappa shape index (κ3) is 3.56. The summed E-state index contributed by atoms with van der Waals surface area (Å²) in [7, 11) is 1.55. The highest BCUT2D eigenvalue weighted by atomic mass is 16.3. The number of aliphatic hydroxyl groups is 1. The molecule has 2 heterocycles. The number of amides is 4. The number of hydrogen-bond acceptors (Lipinski definition) is 5. The molecule has 0 aromatic rings. The maximum absolute atomic E-state index is 12.3. The molecular formula is C14H24N4O4. The van der Waals surface area contributed by atoms with Gasteiger partial charge in [-0.15, -0.1) is 0 Å². The molecule has 0 saturated carbocycles. The van der Waals surface area contributed by atoms with Gasteiger partial charge in [-0.05, 0) is 13.3 Å². The van der Waals surface area contributed by atoms with Crippen LogP contribution in [-0.4, -0.2) is 102 Å². The molecule has 0 bridgehead atoms. The molecule has 0 radical (unpaired) electrons. The van der Waals surface area contributed by atoms with Gasteiger partial charge in [0.25, 0.3) is 5.91 Å². The second kappa shape index (κ2) is 7.06. The number of carbonyl (C=O) groups excluding carboxylic acids is 3. The second-order valence-corrected chi connectivity index (χ2v) is 5.92. The molecule has 2 saturated heterocycles. The number of likely N-dealkylation sites (N-methyl/N-ethyl adjacent to an activating group) is 1. The van der Waals surface area contributed by atoms with Crippen molar-refractivity contribution in [2.45, 2.75) is 19.4 Å². The Balaban J connectivity index is 1.90. The van der Waals surface area contributed by atoms with Gasteiger partial charge in [0.1, 0.15) is 13.1 Å². The van der Waals surface area contributed by atoms with Crippen molar-refractivity contribution in [2.75, 3.05) is 52.9 Å². The molecule has 2 aliphatic rings. The van der Waals surface area contributed by atoms with Crippen LogP contribution in [-0.2, 0) is 9.59 Å². The van der Waals surface area contributed by atoms with Gasteiger partial charge in [0.05, 0.1) is 6.61 Å². The Bertz CT molecular complexity index is 456. The van der Waals surface area contributed by atoms with Crippen molar-refractivity contribution in [1.29, 1.82) is 0 Å². The molecule has 1 atom stereocenters. The van der Waals surface area contributed by atoms with Crippen molar-refractivity contribution in [3.63, 3.8) is 0 Å². The van der Waals surface area contributed by atoms with Crippen LogP contribution in [0.5, 0.6) is 0 Å². The molecule has 124 valence electrons. The van der Waals surface area contributed by atoms with Gasteiger partial charge in [-0.3, -0.25) is 19.4 Å². The van der Waals surface area contributed by atoms with Gasteiger partial charge >= 0.3 is 6.03 Å². The smallest absolute Gasteiger partial charge is 0.327 e. The molecule has 0 spiro atoms. The van der Waals surface area contributed by atoms with E-state index in [2.05, 4.69) is 4.90 Å². The van der Waals surface area contributed by atoms with Crippen LogP contribution in [0.3, 0.4) is 0 Å². The molecule has 1 unspecified atom stereocenters. The Morgan fingerprint density at radius 2 is 1.95 bits per heavy atom. The number of urea groups is 1. The SMILES string of the molecule is CC(CO)N1CCCN(C(=O)CN2C(=O)CN(C)C2=O)CC1. The number of aliphatic hydroxyl groups excluding tert-OH is 1. The lowest BCUT2D eigenvalue weighted by Gasteiger charge is -2.26. The first-order valence-corrected chi connectivity index (χ1v) is 7.62. The van der Waals surface area contributed by atoms with E-state index >= 15 is 0 Å². The summed E-state index contributed by atoms with van der Waals surface area (Å²) in [6, 6.07) is -0.339. The Labute approximate surface area is 130 Å². The topological polar surface area (TPSA) is 84.4 Å². The third-order valence-electron chi connectivity index (χ3n) is 4.30. The maximum atomic E-state index is 12.3. The lowest BCUT2D eigenvalue weighted by Crippen LogP contribution is -2.45. The fourth-order valence-corrected chi connectivity index (χ4v) is 2.80. The predicted molar refractivity (Wildman–Crippen MR) is 79.1 cm³/mol. The van der Waals surface area contributed by atoms with Gasteiger partial charge in [-0.25, -0.2) is 4.79 Å². The maximum Gasteiger partial charge on any atom is 0.327 e. The van der Waals surface area contributed by atoms with Gasteiger partial charge in [0.2, 0.25) is 5.91 Å². The number of carbonyl (C=O) groups is 3. The van der Waals surface area contributed by atoms with Crippen LogP contribution in [0.2, 0.25) is 0 Å². The zero-order valence-electron chi connectivity index (χ0n) is 13.2. The summed E-state index contributed by atoms with van der Waals surface area (Å²) in [5.74, 6) is -0.526. The van der Waals surface area contributed by atoms with Crippen molar-refractivity contribution >= 4 is 17.8 Å². The number of rotatable bonds is 4. The molecule has 2 aliphatic heterocycles. The highest BCUT2D eigenvalue weighted by molar-refractivity contribution is 6.04. The first kappa shape index (κ1) is 16.7. The van der Waals surface area contributed by atoms with Gasteiger partial charge in [-0.1, -0.05) is 0 Å². The van der Waals surface area contributed by atoms with Crippen LogP contribution < -0.4 is 0 Å². The zero-order chi connectivity index (χ0) is 16.3. The van der Waals surface area contributed by atoms with E-state index in [-0.39, 0.29) is 37.6 Å². The minimum absolute atomic E-state index is 0.0356. The molecule has 2 fully saturated rings. The van der Waals surface area contributed by atoms with Crippen LogP contribution in [0, 0.1) is 0 Å². The van der Waals surface area contributed by atoms with Crippen LogP contribution in [0.4, 0.5) is 4.79 Å². The van der Waals surface area contributed by atoms with Crippen LogP contribution in [0.1, 0.15) is 13.3 Å². The summed E-state index contributed by atoms with van der Waals surface area (Å²) in [6.07, 6.45) is 0.817. The lowest BCUT2D eigenvalue weighted by molar-refractivity contribution is -0.136. The number of imide groups is 1. The van der Waals surface area contributed by atoms with Crippen molar-refractivity contribution < 1.29 is 19.5 Å². The fourth-order valence-electron chi connectivity index (χ4n) is 2.80. The third-order valence-corrected chi connectivity index (χ3v) is 4.30. The van der Waals surface area contributed by atoms with Crippen molar-refractivity contribution in [2.24, 2.45) is 0 Å². The summed E-state index contributed by atoms with van der Waals surface area (Å²) in [5.41, 5.74) is 0. The van der Waals surface area contributed by atoms with Crippen LogP contribution in [0.15, 0.2) is 0 Å². The normalized spacial score (nSPS) is 22.2. The van der Waals surface area contributed by atoms with Gasteiger partial charge in [0, 0.05) is 39.3 Å². The standard InChI is InChI=1S/C14H24N4O4/c1-11(10-19)16-4-3-5-17(7-6-16)12(20)9-18-13(21)8-15(2)14(18)22/h11,19H,3-10H2,1-2H3. The predicted octanol–water partition coefficient (Wildman–Crippen LogP) is -1.20. The molecule has 8 nitrogen and oxygen atoms in total. The monoisotopic (exact) mass is 312 g/mol. The number of nitrogens with zero attached hydrogens (tertiary/aromatic N) is 4. The van der Waals surface area contributed by atoms with E-state index in [1.54, 1.807) is 11.9 Å². The van der Waals surface area contributed by atoms with Crippen LogP contribution >= 0.6 is 0 Å². The summed E-state index contributed by atoms with van der Waals surface area (Å²) >= 11 is 0. The van der Waals surface area contributed by atoms with Gasteiger partial charge < -0.3 is 14.9 Å².